The van der Waals surface area contributed by atoms with Crippen LogP contribution in [0.1, 0.15) is 46.9 Å². The molecule has 2 aromatic carbocycles. The van der Waals surface area contributed by atoms with E-state index in [4.69, 9.17) is 13.9 Å². The van der Waals surface area contributed by atoms with Crippen molar-refractivity contribution in [2.75, 3.05) is 19.9 Å². The number of fused-ring (bicyclic) bond motifs is 1. The highest BCUT2D eigenvalue weighted by molar-refractivity contribution is 5.96. The van der Waals surface area contributed by atoms with E-state index in [1.807, 2.05) is 82.3 Å². The van der Waals surface area contributed by atoms with E-state index in [0.29, 0.717) is 42.5 Å². The first-order chi connectivity index (χ1) is 16.8. The fraction of sp³-hybridized carbons (Fsp3) is 0.357. The Bertz CT molecular complexity index is 1180. The molecule has 0 atom stereocenters. The number of hydrogen-bond acceptors (Lipinski definition) is 5. The molecule has 3 aromatic rings. The maximum Gasteiger partial charge on any atom is 0.254 e. The van der Waals surface area contributed by atoms with Crippen LogP contribution in [0.25, 0.3) is 0 Å². The quantitative estimate of drug-likeness (QED) is 0.437. The zero-order valence-corrected chi connectivity index (χ0v) is 20.7. The lowest BCUT2D eigenvalue weighted by molar-refractivity contribution is -0.133. The summed E-state index contributed by atoms with van der Waals surface area (Å²) in [6.07, 6.45) is 0. The van der Waals surface area contributed by atoms with Gasteiger partial charge in [-0.2, -0.15) is 0 Å². The molecule has 0 N–H and O–H groups in total. The molecule has 0 unspecified atom stereocenters. The lowest BCUT2D eigenvalue weighted by Gasteiger charge is -2.28. The van der Waals surface area contributed by atoms with E-state index in [2.05, 4.69) is 0 Å². The van der Waals surface area contributed by atoms with Crippen molar-refractivity contribution >= 4 is 11.8 Å². The largest absolute Gasteiger partial charge is 0.464 e. The van der Waals surface area contributed by atoms with E-state index in [9.17, 15) is 9.59 Å². The van der Waals surface area contributed by atoms with E-state index in [0.717, 1.165) is 16.9 Å². The Kier molecular flexibility index (Phi) is 7.44. The predicted molar refractivity (Wildman–Crippen MR) is 132 cm³/mol. The minimum Gasteiger partial charge on any atom is -0.464 e. The van der Waals surface area contributed by atoms with Crippen molar-refractivity contribution < 1.29 is 23.5 Å². The molecule has 4 rings (SSSR count). The van der Waals surface area contributed by atoms with E-state index < -0.39 is 0 Å². The van der Waals surface area contributed by atoms with Crippen molar-refractivity contribution in [1.82, 2.24) is 9.80 Å². The number of ether oxygens (including phenoxy) is 2. The summed E-state index contributed by atoms with van der Waals surface area (Å²) in [5.74, 6) is 2.75. The third-order valence-corrected chi connectivity index (χ3v) is 5.80. The highest BCUT2D eigenvalue weighted by atomic mass is 16.7. The molecular weight excluding hydrogens is 444 g/mol. The Morgan fingerprint density at radius 1 is 0.886 bits per heavy atom. The van der Waals surface area contributed by atoms with E-state index in [-0.39, 0.29) is 31.1 Å². The Labute approximate surface area is 206 Å². The van der Waals surface area contributed by atoms with Gasteiger partial charge in [0.05, 0.1) is 6.54 Å². The average molecular weight is 477 g/mol. The number of hydrogen-bond donors (Lipinski definition) is 0. The molecular formula is C28H32N2O5. The molecule has 2 heterocycles. The van der Waals surface area contributed by atoms with Gasteiger partial charge >= 0.3 is 0 Å². The van der Waals surface area contributed by atoms with Crippen molar-refractivity contribution in [2.45, 2.75) is 40.8 Å². The van der Waals surface area contributed by atoms with E-state index >= 15 is 0 Å². The van der Waals surface area contributed by atoms with E-state index in [1.165, 1.54) is 0 Å². The first kappa shape index (κ1) is 24.4. The Hall–Kier alpha value is -3.74. The molecule has 0 fully saturated rings. The van der Waals surface area contributed by atoms with Gasteiger partial charge in [0.1, 0.15) is 18.1 Å². The molecule has 35 heavy (non-hydrogen) atoms. The number of furan rings is 1. The number of nitrogens with zero attached hydrogens (tertiary/aromatic N) is 2. The number of carbonyl (C=O) groups excluding carboxylic acids is 2. The van der Waals surface area contributed by atoms with Crippen molar-refractivity contribution in [3.63, 3.8) is 0 Å². The summed E-state index contributed by atoms with van der Waals surface area (Å²) in [5, 5.41) is 0. The van der Waals surface area contributed by atoms with E-state index in [1.54, 1.807) is 9.80 Å². The molecule has 0 radical (unpaired) electrons. The van der Waals surface area contributed by atoms with Gasteiger partial charge in [-0.3, -0.25) is 9.59 Å². The topological polar surface area (TPSA) is 72.2 Å². The number of benzene rings is 2. The summed E-state index contributed by atoms with van der Waals surface area (Å²) in [4.78, 5) is 30.3. The first-order valence-electron chi connectivity index (χ1n) is 11.9. The average Bonchev–Trinajstić information content (AvgIpc) is 3.46. The van der Waals surface area contributed by atoms with Crippen LogP contribution in [0.3, 0.4) is 0 Å². The second kappa shape index (κ2) is 10.7. The van der Waals surface area contributed by atoms with Gasteiger partial charge in [-0.1, -0.05) is 37.6 Å². The van der Waals surface area contributed by atoms with Gasteiger partial charge in [-0.25, -0.2) is 0 Å². The molecule has 7 heteroatoms. The second-order valence-electron chi connectivity index (χ2n) is 9.40. The summed E-state index contributed by atoms with van der Waals surface area (Å²) in [7, 11) is 0. The Morgan fingerprint density at radius 3 is 2.31 bits per heavy atom. The lowest BCUT2D eigenvalue weighted by Crippen LogP contribution is -2.43. The number of carbonyl (C=O) groups is 2. The normalized spacial score (nSPS) is 12.1. The summed E-state index contributed by atoms with van der Waals surface area (Å²) in [5.41, 5.74) is 2.57. The minimum absolute atomic E-state index is 0.0187. The van der Waals surface area contributed by atoms with Crippen LogP contribution in [0, 0.1) is 19.8 Å². The van der Waals surface area contributed by atoms with Gasteiger partial charge in [-0.15, -0.1) is 0 Å². The van der Waals surface area contributed by atoms with Gasteiger partial charge in [-0.05, 0) is 61.7 Å². The monoisotopic (exact) mass is 476 g/mol. The van der Waals surface area contributed by atoms with Gasteiger partial charge in [0.25, 0.3) is 5.91 Å². The third kappa shape index (κ3) is 6.23. The zero-order valence-electron chi connectivity index (χ0n) is 20.7. The molecule has 2 amide bonds. The maximum atomic E-state index is 13.6. The lowest BCUT2D eigenvalue weighted by atomic mass is 10.1. The summed E-state index contributed by atoms with van der Waals surface area (Å²) in [6, 6.07) is 16.9. The molecule has 184 valence electrons. The van der Waals surface area contributed by atoms with Crippen LogP contribution < -0.4 is 9.47 Å². The first-order valence-corrected chi connectivity index (χ1v) is 11.9. The van der Waals surface area contributed by atoms with Crippen molar-refractivity contribution in [2.24, 2.45) is 5.92 Å². The molecule has 1 aromatic heterocycles. The van der Waals surface area contributed by atoms with Crippen LogP contribution in [0.5, 0.6) is 11.5 Å². The molecule has 0 saturated heterocycles. The van der Waals surface area contributed by atoms with Crippen LogP contribution in [0.4, 0.5) is 0 Å². The van der Waals surface area contributed by atoms with Crippen LogP contribution in [-0.2, 0) is 17.9 Å². The summed E-state index contributed by atoms with van der Waals surface area (Å²) < 4.78 is 16.7. The Morgan fingerprint density at radius 2 is 1.63 bits per heavy atom. The van der Waals surface area contributed by atoms with Crippen LogP contribution in [0.15, 0.2) is 59.0 Å². The highest BCUT2D eigenvalue weighted by Crippen LogP contribution is 2.33. The molecule has 1 aliphatic heterocycles. The fourth-order valence-electron chi connectivity index (χ4n) is 4.05. The SMILES string of the molecule is Cc1ccc(C(=O)N(CC(=O)N(Cc2ccc3c(c2)OCO3)Cc2ccc(C)o2)CC(C)C)cc1. The third-order valence-electron chi connectivity index (χ3n) is 5.80. The second-order valence-corrected chi connectivity index (χ2v) is 9.40. The zero-order chi connectivity index (χ0) is 24.9. The molecule has 0 aliphatic carbocycles. The van der Waals surface area contributed by atoms with Gasteiger partial charge in [0.2, 0.25) is 12.7 Å². The molecule has 0 bridgehead atoms. The van der Waals surface area contributed by atoms with Gasteiger partial charge in [0.15, 0.2) is 11.5 Å². The fourth-order valence-corrected chi connectivity index (χ4v) is 4.05. The van der Waals surface area contributed by atoms with Crippen LogP contribution in [-0.4, -0.2) is 41.5 Å². The van der Waals surface area contributed by atoms with Crippen molar-refractivity contribution in [3.8, 4) is 11.5 Å². The van der Waals surface area contributed by atoms with Crippen molar-refractivity contribution in [3.05, 3.63) is 82.8 Å². The van der Waals surface area contributed by atoms with Gasteiger partial charge < -0.3 is 23.7 Å². The highest BCUT2D eigenvalue weighted by Gasteiger charge is 2.25. The van der Waals surface area contributed by atoms with Gasteiger partial charge in [0, 0.05) is 18.7 Å². The van der Waals surface area contributed by atoms with Crippen molar-refractivity contribution in [1.29, 1.82) is 0 Å². The summed E-state index contributed by atoms with van der Waals surface area (Å²) >= 11 is 0. The smallest absolute Gasteiger partial charge is 0.254 e. The molecule has 7 nitrogen and oxygen atoms in total. The number of amides is 2. The number of rotatable bonds is 9. The predicted octanol–water partition coefficient (Wildman–Crippen LogP) is 4.95. The standard InChI is InChI=1S/C28H32N2O5/c1-19(2)14-30(28(32)23-9-5-20(3)6-10-23)17-27(31)29(16-24-11-7-21(4)35-24)15-22-8-12-25-26(13-22)34-18-33-25/h5-13,19H,14-18H2,1-4H3. The molecule has 0 spiro atoms. The Balaban J connectivity index is 1.55. The molecule has 1 aliphatic rings. The molecule has 0 saturated carbocycles. The number of aryl methyl sites for hydroxylation is 2. The maximum absolute atomic E-state index is 13.6. The van der Waals surface area contributed by atoms with Crippen LogP contribution >= 0.6 is 0 Å². The minimum atomic E-state index is -0.155. The summed E-state index contributed by atoms with van der Waals surface area (Å²) in [6.45, 7) is 9.24. The van der Waals surface area contributed by atoms with Crippen LogP contribution in [0.2, 0.25) is 0 Å².